The van der Waals surface area contributed by atoms with Gasteiger partial charge >= 0.3 is 0 Å². The van der Waals surface area contributed by atoms with Crippen LogP contribution >= 0.6 is 11.6 Å². The first-order chi connectivity index (χ1) is 12.3. The summed E-state index contributed by atoms with van der Waals surface area (Å²) >= 11 is 6.45. The van der Waals surface area contributed by atoms with Crippen LogP contribution in [0.4, 0.5) is 11.5 Å². The minimum Gasteiger partial charge on any atom is -0.384 e. The van der Waals surface area contributed by atoms with Crippen molar-refractivity contribution in [1.82, 2.24) is 4.98 Å². The molecule has 0 bridgehead atoms. The van der Waals surface area contributed by atoms with Gasteiger partial charge in [0.25, 0.3) is 0 Å². The smallest absolute Gasteiger partial charge is 0.175 e. The van der Waals surface area contributed by atoms with Gasteiger partial charge < -0.3 is 15.4 Å². The number of ether oxygens (including phenoxy) is 1. The molecule has 0 radical (unpaired) electrons. The highest BCUT2D eigenvalue weighted by Gasteiger charge is 2.26. The minimum absolute atomic E-state index is 0.139. The second kappa shape index (κ2) is 7.42. The van der Waals surface area contributed by atoms with Crippen molar-refractivity contribution in [2.45, 2.75) is 24.3 Å². The number of nitrogens with two attached hydrogens (primary N) is 1. The van der Waals surface area contributed by atoms with Crippen LogP contribution in [0.25, 0.3) is 0 Å². The van der Waals surface area contributed by atoms with Crippen LogP contribution in [0, 0.1) is 6.92 Å². The third-order valence-electron chi connectivity index (χ3n) is 4.39. The van der Waals surface area contributed by atoms with Crippen molar-refractivity contribution in [3.05, 3.63) is 46.6 Å². The highest BCUT2D eigenvalue weighted by molar-refractivity contribution is 7.90. The molecule has 1 aliphatic rings. The maximum Gasteiger partial charge on any atom is 0.175 e. The second-order valence-corrected chi connectivity index (χ2v) is 8.91. The van der Waals surface area contributed by atoms with Crippen molar-refractivity contribution in [2.24, 2.45) is 0 Å². The number of nitrogens with zero attached hydrogens (tertiary/aromatic N) is 2. The van der Waals surface area contributed by atoms with E-state index in [4.69, 9.17) is 22.1 Å². The summed E-state index contributed by atoms with van der Waals surface area (Å²) in [6.07, 6.45) is 2.04. The average Bonchev–Trinajstić information content (AvgIpc) is 2.78. The van der Waals surface area contributed by atoms with Gasteiger partial charge in [0.2, 0.25) is 0 Å². The number of halogens is 1. The molecule has 0 saturated carbocycles. The van der Waals surface area contributed by atoms with Gasteiger partial charge in [-0.15, -0.1) is 0 Å². The monoisotopic (exact) mass is 395 g/mol. The minimum atomic E-state index is -3.31. The van der Waals surface area contributed by atoms with Gasteiger partial charge in [0.05, 0.1) is 17.5 Å². The van der Waals surface area contributed by atoms with Gasteiger partial charge in [-0.05, 0) is 37.1 Å². The van der Waals surface area contributed by atoms with Crippen molar-refractivity contribution in [2.75, 3.05) is 36.6 Å². The molecule has 140 valence electrons. The van der Waals surface area contributed by atoms with Gasteiger partial charge in [-0.1, -0.05) is 17.7 Å². The predicted octanol–water partition coefficient (Wildman–Crippen LogP) is 3.00. The van der Waals surface area contributed by atoms with Gasteiger partial charge in [-0.2, -0.15) is 0 Å². The Morgan fingerprint density at radius 3 is 2.73 bits per heavy atom. The van der Waals surface area contributed by atoms with Crippen LogP contribution in [-0.4, -0.2) is 39.4 Å². The van der Waals surface area contributed by atoms with E-state index < -0.39 is 9.84 Å². The quantitative estimate of drug-likeness (QED) is 0.859. The Hall–Kier alpha value is -1.83. The van der Waals surface area contributed by atoms with E-state index in [2.05, 4.69) is 9.88 Å². The Balaban J connectivity index is 2.05. The van der Waals surface area contributed by atoms with E-state index in [1.165, 1.54) is 12.3 Å². The van der Waals surface area contributed by atoms with Crippen molar-refractivity contribution in [3.63, 3.8) is 0 Å². The van der Waals surface area contributed by atoms with Crippen LogP contribution < -0.4 is 10.6 Å². The predicted molar refractivity (Wildman–Crippen MR) is 103 cm³/mol. The summed E-state index contributed by atoms with van der Waals surface area (Å²) in [6, 6.07) is 8.53. The summed E-state index contributed by atoms with van der Waals surface area (Å²) in [5.74, 6) is 0.461. The van der Waals surface area contributed by atoms with Gasteiger partial charge in [-0.25, -0.2) is 13.4 Å². The Labute approximate surface area is 158 Å². The summed E-state index contributed by atoms with van der Waals surface area (Å²) < 4.78 is 29.3. The largest absolute Gasteiger partial charge is 0.384 e. The lowest BCUT2D eigenvalue weighted by Gasteiger charge is -2.32. The molecule has 3 rings (SSSR count). The highest BCUT2D eigenvalue weighted by atomic mass is 35.5. The summed E-state index contributed by atoms with van der Waals surface area (Å²) in [5.41, 5.74) is 8.54. The maximum absolute atomic E-state index is 11.8. The summed E-state index contributed by atoms with van der Waals surface area (Å²) in [5, 5.41) is 0.409. The van der Waals surface area contributed by atoms with E-state index in [1.54, 1.807) is 12.1 Å². The Morgan fingerprint density at radius 2 is 2.08 bits per heavy atom. The second-order valence-electron chi connectivity index (χ2n) is 6.48. The van der Waals surface area contributed by atoms with Gasteiger partial charge in [0.1, 0.15) is 5.82 Å². The van der Waals surface area contributed by atoms with E-state index in [-0.39, 0.29) is 10.9 Å². The van der Waals surface area contributed by atoms with Crippen molar-refractivity contribution >= 4 is 32.9 Å². The van der Waals surface area contributed by atoms with Crippen LogP contribution in [0.1, 0.15) is 23.7 Å². The fourth-order valence-electron chi connectivity index (χ4n) is 3.19. The fourth-order valence-corrected chi connectivity index (χ4v) is 4.21. The van der Waals surface area contributed by atoms with Crippen molar-refractivity contribution in [3.8, 4) is 0 Å². The molecule has 26 heavy (non-hydrogen) atoms. The molecule has 0 unspecified atom stereocenters. The number of rotatable bonds is 3. The molecule has 0 aliphatic carbocycles. The van der Waals surface area contributed by atoms with Crippen LogP contribution in [0.2, 0.25) is 5.02 Å². The zero-order valence-corrected chi connectivity index (χ0v) is 16.3. The first-order valence-electron chi connectivity index (χ1n) is 8.34. The molecule has 6 nitrogen and oxygen atoms in total. The molecule has 0 spiro atoms. The van der Waals surface area contributed by atoms with E-state index in [9.17, 15) is 8.42 Å². The summed E-state index contributed by atoms with van der Waals surface area (Å²) in [7, 11) is -3.31. The first kappa shape index (κ1) is 18.9. The zero-order chi connectivity index (χ0) is 18.9. The normalized spacial score (nSPS) is 18.6. The van der Waals surface area contributed by atoms with Crippen LogP contribution in [0.5, 0.6) is 0 Å². The Bertz CT molecular complexity index is 898. The number of anilines is 2. The molecular formula is C18H22ClN3O3S. The van der Waals surface area contributed by atoms with Gasteiger partial charge in [0, 0.05) is 41.9 Å². The molecule has 1 atom stereocenters. The number of hydrogen-bond acceptors (Lipinski definition) is 6. The van der Waals surface area contributed by atoms with Gasteiger partial charge in [0.15, 0.2) is 9.84 Å². The number of benzene rings is 1. The molecule has 0 amide bonds. The lowest BCUT2D eigenvalue weighted by atomic mass is 10.0. The SMILES string of the molecule is Cc1cc(N2CCCOC[C@H]2c2ccc(S(C)(=O)=O)cc2Cl)cc(N)n1. The molecule has 2 aromatic rings. The number of sulfone groups is 1. The highest BCUT2D eigenvalue weighted by Crippen LogP contribution is 2.35. The van der Waals surface area contributed by atoms with Gasteiger partial charge in [-0.3, -0.25) is 0 Å². The molecular weight excluding hydrogens is 374 g/mol. The van der Waals surface area contributed by atoms with Crippen molar-refractivity contribution < 1.29 is 13.2 Å². The van der Waals surface area contributed by atoms with E-state index in [0.29, 0.717) is 24.1 Å². The number of aromatic nitrogens is 1. The third kappa shape index (κ3) is 4.11. The number of aryl methyl sites for hydroxylation is 1. The third-order valence-corrected chi connectivity index (χ3v) is 5.83. The fraction of sp³-hybridized carbons (Fsp3) is 0.389. The molecule has 1 fully saturated rings. The van der Waals surface area contributed by atoms with E-state index in [1.807, 2.05) is 19.1 Å². The Kier molecular flexibility index (Phi) is 5.41. The number of nitrogen functional groups attached to an aromatic ring is 1. The molecule has 1 aliphatic heterocycles. The molecule has 8 heteroatoms. The lowest BCUT2D eigenvalue weighted by molar-refractivity contribution is 0.134. The van der Waals surface area contributed by atoms with Crippen LogP contribution in [-0.2, 0) is 14.6 Å². The molecule has 2 heterocycles. The van der Waals surface area contributed by atoms with Crippen LogP contribution in [0.3, 0.4) is 0 Å². The average molecular weight is 396 g/mol. The maximum atomic E-state index is 11.8. The van der Waals surface area contributed by atoms with E-state index in [0.717, 1.165) is 29.9 Å². The molecule has 1 saturated heterocycles. The summed E-state index contributed by atoms with van der Waals surface area (Å²) in [6.45, 7) is 3.79. The van der Waals surface area contributed by atoms with Crippen LogP contribution in [0.15, 0.2) is 35.2 Å². The zero-order valence-electron chi connectivity index (χ0n) is 14.8. The topological polar surface area (TPSA) is 85.5 Å². The Morgan fingerprint density at radius 1 is 1.31 bits per heavy atom. The standard InChI is InChI=1S/C18H22ClN3O3S/c1-12-8-13(9-18(20)21-12)22-6-3-7-25-11-17(22)15-5-4-14(10-16(15)19)26(2,23)24/h4-5,8-10,17H,3,6-7,11H2,1-2H3,(H2,20,21)/t17-/m0/s1. The van der Waals surface area contributed by atoms with E-state index >= 15 is 0 Å². The molecule has 2 N–H and O–H groups in total. The first-order valence-corrected chi connectivity index (χ1v) is 10.6. The molecule has 1 aromatic heterocycles. The number of hydrogen-bond donors (Lipinski definition) is 1. The number of pyridine rings is 1. The van der Waals surface area contributed by atoms with Crippen molar-refractivity contribution in [1.29, 1.82) is 0 Å². The lowest BCUT2D eigenvalue weighted by Crippen LogP contribution is -2.31. The molecule has 1 aromatic carbocycles. The summed E-state index contributed by atoms with van der Waals surface area (Å²) in [4.78, 5) is 6.63.